The van der Waals surface area contributed by atoms with Crippen molar-refractivity contribution >= 4 is 5.91 Å². The molecule has 1 rings (SSSR count). The van der Waals surface area contributed by atoms with E-state index in [2.05, 4.69) is 18.5 Å². The van der Waals surface area contributed by atoms with Gasteiger partial charge < -0.3 is 14.6 Å². The number of aliphatic hydroxyl groups is 1. The second-order valence-corrected chi connectivity index (χ2v) is 4.51. The first kappa shape index (κ1) is 15.4. The van der Waals surface area contributed by atoms with Crippen molar-refractivity contribution in [3.05, 3.63) is 31.4 Å². The van der Waals surface area contributed by atoms with E-state index in [1.165, 1.54) is 0 Å². The van der Waals surface area contributed by atoms with Crippen LogP contribution in [0.5, 0.6) is 0 Å². The molecule has 1 aromatic rings. The molecule has 1 amide bonds. The SMILES string of the molecule is C=CCN(CCO)C(=O)CC(CCC)n1ccnc1. The Kier molecular flexibility index (Phi) is 6.89. The van der Waals surface area contributed by atoms with E-state index in [4.69, 9.17) is 5.11 Å². The van der Waals surface area contributed by atoms with Gasteiger partial charge in [-0.1, -0.05) is 19.4 Å². The van der Waals surface area contributed by atoms with Gasteiger partial charge >= 0.3 is 0 Å². The van der Waals surface area contributed by atoms with Crippen LogP contribution >= 0.6 is 0 Å². The molecule has 5 nitrogen and oxygen atoms in total. The minimum Gasteiger partial charge on any atom is -0.395 e. The predicted octanol–water partition coefficient (Wildman–Crippen LogP) is 1.62. The summed E-state index contributed by atoms with van der Waals surface area (Å²) in [5.41, 5.74) is 0. The van der Waals surface area contributed by atoms with E-state index in [0.717, 1.165) is 12.8 Å². The number of nitrogens with zero attached hydrogens (tertiary/aromatic N) is 3. The summed E-state index contributed by atoms with van der Waals surface area (Å²) in [6, 6.07) is 0.131. The fourth-order valence-electron chi connectivity index (χ4n) is 2.10. The first-order chi connectivity index (χ1) is 9.22. The van der Waals surface area contributed by atoms with Gasteiger partial charge in [0.15, 0.2) is 0 Å². The zero-order valence-corrected chi connectivity index (χ0v) is 11.5. The average Bonchev–Trinajstić information content (AvgIpc) is 2.91. The Morgan fingerprint density at radius 2 is 2.42 bits per heavy atom. The van der Waals surface area contributed by atoms with Crippen LogP contribution in [0, 0.1) is 0 Å². The van der Waals surface area contributed by atoms with Gasteiger partial charge in [-0.2, -0.15) is 0 Å². The van der Waals surface area contributed by atoms with Crippen LogP contribution in [0.1, 0.15) is 32.2 Å². The van der Waals surface area contributed by atoms with Gasteiger partial charge in [0.05, 0.1) is 12.9 Å². The number of aliphatic hydroxyl groups excluding tert-OH is 1. The third kappa shape index (κ3) is 4.87. The van der Waals surface area contributed by atoms with Gasteiger partial charge in [-0.3, -0.25) is 4.79 Å². The zero-order chi connectivity index (χ0) is 14.1. The van der Waals surface area contributed by atoms with Crippen molar-refractivity contribution in [2.45, 2.75) is 32.2 Å². The molecule has 0 aromatic carbocycles. The molecule has 0 radical (unpaired) electrons. The van der Waals surface area contributed by atoms with E-state index >= 15 is 0 Å². The number of carbonyl (C=O) groups excluding carboxylic acids is 1. The highest BCUT2D eigenvalue weighted by molar-refractivity contribution is 5.76. The Bertz CT molecular complexity index is 376. The molecule has 1 atom stereocenters. The van der Waals surface area contributed by atoms with Gasteiger partial charge in [0.1, 0.15) is 0 Å². The largest absolute Gasteiger partial charge is 0.395 e. The summed E-state index contributed by atoms with van der Waals surface area (Å²) < 4.78 is 1.98. The van der Waals surface area contributed by atoms with Crippen LogP contribution in [0.2, 0.25) is 0 Å². The Morgan fingerprint density at radius 3 is 2.95 bits per heavy atom. The van der Waals surface area contributed by atoms with Gasteiger partial charge in [0, 0.05) is 37.9 Å². The molecule has 1 N–H and O–H groups in total. The quantitative estimate of drug-likeness (QED) is 0.690. The van der Waals surface area contributed by atoms with Gasteiger partial charge in [-0.25, -0.2) is 4.98 Å². The van der Waals surface area contributed by atoms with Crippen molar-refractivity contribution in [2.24, 2.45) is 0 Å². The number of rotatable bonds is 9. The summed E-state index contributed by atoms with van der Waals surface area (Å²) in [7, 11) is 0. The molecule has 1 unspecified atom stereocenters. The number of hydrogen-bond acceptors (Lipinski definition) is 3. The number of carbonyl (C=O) groups is 1. The predicted molar refractivity (Wildman–Crippen MR) is 74.7 cm³/mol. The standard InChI is InChI=1S/C14H23N3O2/c1-3-5-13(17-8-6-15-12-17)11-14(19)16(7-4-2)9-10-18/h4,6,8,12-13,18H,2-3,5,7,9-11H2,1H3. The molecule has 0 aliphatic heterocycles. The lowest BCUT2D eigenvalue weighted by Gasteiger charge is -2.24. The molecule has 1 aromatic heterocycles. The highest BCUT2D eigenvalue weighted by Gasteiger charge is 2.18. The number of imidazole rings is 1. The van der Waals surface area contributed by atoms with Gasteiger partial charge in [0.2, 0.25) is 5.91 Å². The Balaban J connectivity index is 2.66. The van der Waals surface area contributed by atoms with Crippen molar-refractivity contribution < 1.29 is 9.90 Å². The molecule has 0 saturated heterocycles. The fraction of sp³-hybridized carbons (Fsp3) is 0.571. The molecule has 0 spiro atoms. The molecule has 0 saturated carbocycles. The molecular formula is C14H23N3O2. The maximum Gasteiger partial charge on any atom is 0.225 e. The molecule has 5 heteroatoms. The molecule has 106 valence electrons. The zero-order valence-electron chi connectivity index (χ0n) is 11.5. The van der Waals surface area contributed by atoms with E-state index in [-0.39, 0.29) is 18.6 Å². The normalized spacial score (nSPS) is 12.1. The van der Waals surface area contributed by atoms with Crippen LogP contribution in [0.3, 0.4) is 0 Å². The van der Waals surface area contributed by atoms with E-state index in [0.29, 0.717) is 19.5 Å². The maximum absolute atomic E-state index is 12.2. The second-order valence-electron chi connectivity index (χ2n) is 4.51. The summed E-state index contributed by atoms with van der Waals surface area (Å²) in [6.07, 6.45) is 9.41. The smallest absolute Gasteiger partial charge is 0.225 e. The van der Waals surface area contributed by atoms with Crippen LogP contribution in [0.25, 0.3) is 0 Å². The molecule has 0 bridgehead atoms. The summed E-state index contributed by atoms with van der Waals surface area (Å²) in [5, 5.41) is 8.99. The Labute approximate surface area is 114 Å². The minimum absolute atomic E-state index is 0.0247. The molecule has 19 heavy (non-hydrogen) atoms. The Hall–Kier alpha value is -1.62. The first-order valence-electron chi connectivity index (χ1n) is 6.69. The minimum atomic E-state index is -0.0247. The molecule has 0 aliphatic rings. The molecule has 0 fully saturated rings. The monoisotopic (exact) mass is 265 g/mol. The van der Waals surface area contributed by atoms with Crippen molar-refractivity contribution in [3.8, 4) is 0 Å². The Morgan fingerprint density at radius 1 is 1.63 bits per heavy atom. The third-order valence-electron chi connectivity index (χ3n) is 3.05. The van der Waals surface area contributed by atoms with Gasteiger partial charge in [-0.15, -0.1) is 6.58 Å². The summed E-state index contributed by atoms with van der Waals surface area (Å²) in [5.74, 6) is 0.0427. The van der Waals surface area contributed by atoms with E-state index in [1.807, 2.05) is 10.8 Å². The summed E-state index contributed by atoms with van der Waals surface area (Å²) in [4.78, 5) is 17.9. The molecule has 1 heterocycles. The van der Waals surface area contributed by atoms with Crippen LogP contribution in [0.4, 0.5) is 0 Å². The third-order valence-corrected chi connectivity index (χ3v) is 3.05. The molecular weight excluding hydrogens is 242 g/mol. The summed E-state index contributed by atoms with van der Waals surface area (Å²) >= 11 is 0. The first-order valence-corrected chi connectivity index (χ1v) is 6.69. The van der Waals surface area contributed by atoms with Crippen molar-refractivity contribution in [1.29, 1.82) is 0 Å². The maximum atomic E-state index is 12.2. The highest BCUT2D eigenvalue weighted by atomic mass is 16.3. The van der Waals surface area contributed by atoms with Crippen molar-refractivity contribution in [2.75, 3.05) is 19.7 Å². The van der Waals surface area contributed by atoms with Crippen LogP contribution in [-0.4, -0.2) is 45.2 Å². The van der Waals surface area contributed by atoms with Gasteiger partial charge in [-0.05, 0) is 6.42 Å². The lowest BCUT2D eigenvalue weighted by atomic mass is 10.1. The van der Waals surface area contributed by atoms with E-state index in [1.54, 1.807) is 23.5 Å². The van der Waals surface area contributed by atoms with E-state index in [9.17, 15) is 4.79 Å². The fourth-order valence-corrected chi connectivity index (χ4v) is 2.10. The lowest BCUT2D eigenvalue weighted by Crippen LogP contribution is -2.35. The molecule has 0 aliphatic carbocycles. The van der Waals surface area contributed by atoms with Gasteiger partial charge in [0.25, 0.3) is 0 Å². The number of amides is 1. The average molecular weight is 265 g/mol. The van der Waals surface area contributed by atoms with E-state index < -0.39 is 0 Å². The second kappa shape index (κ2) is 8.48. The van der Waals surface area contributed by atoms with Crippen molar-refractivity contribution in [1.82, 2.24) is 14.5 Å². The number of hydrogen-bond donors (Lipinski definition) is 1. The lowest BCUT2D eigenvalue weighted by molar-refractivity contribution is -0.132. The summed E-state index contributed by atoms with van der Waals surface area (Å²) in [6.45, 7) is 6.55. The van der Waals surface area contributed by atoms with Crippen LogP contribution < -0.4 is 0 Å². The topological polar surface area (TPSA) is 58.4 Å². The van der Waals surface area contributed by atoms with Crippen molar-refractivity contribution in [3.63, 3.8) is 0 Å². The van der Waals surface area contributed by atoms with Crippen LogP contribution in [0.15, 0.2) is 31.4 Å². The van der Waals surface area contributed by atoms with Crippen LogP contribution in [-0.2, 0) is 4.79 Å². The highest BCUT2D eigenvalue weighted by Crippen LogP contribution is 2.19. The number of aromatic nitrogens is 2.